The molecule has 0 atom stereocenters. The first-order chi connectivity index (χ1) is 13.7. The third-order valence-electron chi connectivity index (χ3n) is 4.47. The molecule has 3 aromatic rings. The van der Waals surface area contributed by atoms with Crippen molar-refractivity contribution in [1.29, 1.82) is 5.26 Å². The van der Waals surface area contributed by atoms with Crippen LogP contribution in [0.4, 0.5) is 22.0 Å². The maximum absolute atomic E-state index is 14.4. The predicted molar refractivity (Wildman–Crippen MR) is 92.2 cm³/mol. The summed E-state index contributed by atoms with van der Waals surface area (Å²) >= 11 is 0. The summed E-state index contributed by atoms with van der Waals surface area (Å²) in [5.41, 5.74) is -3.12. The zero-order valence-corrected chi connectivity index (χ0v) is 14.3. The fraction of sp³-hybridized carbons (Fsp3) is 0.105. The molecule has 2 aromatic heterocycles. The number of hydrogen-bond donors (Lipinski definition) is 1. The number of imidazole rings is 1. The van der Waals surface area contributed by atoms with Gasteiger partial charge in [-0.2, -0.15) is 28.0 Å². The minimum absolute atomic E-state index is 0.0150. The van der Waals surface area contributed by atoms with Crippen LogP contribution in [0.15, 0.2) is 46.8 Å². The van der Waals surface area contributed by atoms with Crippen LogP contribution < -0.4 is 11.0 Å². The van der Waals surface area contributed by atoms with Crippen molar-refractivity contribution in [2.75, 3.05) is 0 Å². The minimum Gasteiger partial charge on any atom is -0.304 e. The lowest BCUT2D eigenvalue weighted by Crippen LogP contribution is -2.17. The summed E-state index contributed by atoms with van der Waals surface area (Å²) in [6.45, 7) is 0. The Morgan fingerprint density at radius 1 is 1.21 bits per heavy atom. The van der Waals surface area contributed by atoms with Crippen molar-refractivity contribution < 1.29 is 22.0 Å². The van der Waals surface area contributed by atoms with E-state index in [9.17, 15) is 26.7 Å². The van der Waals surface area contributed by atoms with Crippen LogP contribution in [0.2, 0.25) is 0 Å². The van der Waals surface area contributed by atoms with Crippen LogP contribution in [0.1, 0.15) is 12.1 Å². The van der Waals surface area contributed by atoms with Crippen molar-refractivity contribution in [3.63, 3.8) is 0 Å². The quantitative estimate of drug-likeness (QED) is 0.633. The molecule has 1 aliphatic rings. The first kappa shape index (κ1) is 18.6. The van der Waals surface area contributed by atoms with Crippen molar-refractivity contribution >= 4 is 11.1 Å². The fourth-order valence-corrected chi connectivity index (χ4v) is 3.21. The molecule has 0 saturated heterocycles. The van der Waals surface area contributed by atoms with Gasteiger partial charge in [0.1, 0.15) is 17.2 Å². The number of hydrogen-bond acceptors (Lipinski definition) is 3. The van der Waals surface area contributed by atoms with Crippen molar-refractivity contribution in [2.45, 2.75) is 12.6 Å². The zero-order valence-electron chi connectivity index (χ0n) is 14.3. The third kappa shape index (κ3) is 3.00. The van der Waals surface area contributed by atoms with E-state index < -0.39 is 40.3 Å². The van der Waals surface area contributed by atoms with Crippen LogP contribution in [0.25, 0.3) is 22.2 Å². The largest absolute Gasteiger partial charge is 0.435 e. The van der Waals surface area contributed by atoms with Gasteiger partial charge >= 0.3 is 11.9 Å². The molecule has 0 bridgehead atoms. The fourth-order valence-electron chi connectivity index (χ4n) is 3.21. The average Bonchev–Trinajstić information content (AvgIpc) is 3.20. The number of nitrogens with one attached hydrogen (secondary N) is 1. The first-order valence-corrected chi connectivity index (χ1v) is 8.19. The smallest absolute Gasteiger partial charge is 0.304 e. The number of rotatable bonds is 1. The molecule has 146 valence electrons. The van der Waals surface area contributed by atoms with Crippen LogP contribution in [0.5, 0.6) is 0 Å². The third-order valence-corrected chi connectivity index (χ3v) is 4.47. The van der Waals surface area contributed by atoms with E-state index in [2.05, 4.69) is 10.1 Å². The SMILES string of the molecule is N#CC1=CC/C(=c2/[nH]c(=O)n3nc(C(F)(F)F)c(-c4ccc(F)cc4F)c23)C=C1. The lowest BCUT2D eigenvalue weighted by molar-refractivity contribution is -0.140. The molecular weight excluding hydrogens is 395 g/mol. The van der Waals surface area contributed by atoms with Crippen molar-refractivity contribution in [1.82, 2.24) is 14.6 Å². The Hall–Kier alpha value is -3.74. The van der Waals surface area contributed by atoms with Crippen LogP contribution in [0.3, 0.4) is 0 Å². The monoisotopic (exact) mass is 404 g/mol. The van der Waals surface area contributed by atoms with E-state index in [1.807, 2.05) is 6.07 Å². The second-order valence-electron chi connectivity index (χ2n) is 6.25. The predicted octanol–water partition coefficient (Wildman–Crippen LogP) is 3.27. The van der Waals surface area contributed by atoms with E-state index in [0.29, 0.717) is 21.7 Å². The van der Waals surface area contributed by atoms with Gasteiger partial charge in [0.05, 0.1) is 11.4 Å². The molecule has 0 fully saturated rings. The molecule has 0 spiro atoms. The lowest BCUT2D eigenvalue weighted by Gasteiger charge is -2.08. The molecule has 4 rings (SSSR count). The summed E-state index contributed by atoms with van der Waals surface area (Å²) in [6.07, 6.45) is -0.363. The standard InChI is InChI=1S/C19H9F5N4O/c20-11-5-6-12(13(21)7-11)14-16-15(10-3-1-9(8-25)2-4-10)26-18(29)28(16)27-17(14)19(22,23)24/h1-3,5-7H,4H2,(H,26,29)/b15-10+. The molecule has 2 heterocycles. The number of benzene rings is 1. The van der Waals surface area contributed by atoms with E-state index in [-0.39, 0.29) is 17.3 Å². The Labute approximate surface area is 158 Å². The Morgan fingerprint density at radius 2 is 1.97 bits per heavy atom. The van der Waals surface area contributed by atoms with Crippen LogP contribution in [-0.4, -0.2) is 14.6 Å². The molecule has 5 nitrogen and oxygen atoms in total. The van der Waals surface area contributed by atoms with E-state index >= 15 is 0 Å². The van der Waals surface area contributed by atoms with Gasteiger partial charge in [-0.15, -0.1) is 0 Å². The van der Waals surface area contributed by atoms with Gasteiger partial charge in [-0.3, -0.25) is 0 Å². The Balaban J connectivity index is 2.14. The maximum atomic E-state index is 14.4. The summed E-state index contributed by atoms with van der Waals surface area (Å²) < 4.78 is 69.0. The number of allylic oxidation sites excluding steroid dienone is 4. The van der Waals surface area contributed by atoms with Gasteiger partial charge in [0.25, 0.3) is 0 Å². The Bertz CT molecular complexity index is 1370. The van der Waals surface area contributed by atoms with Crippen molar-refractivity contribution in [2.24, 2.45) is 0 Å². The maximum Gasteiger partial charge on any atom is 0.435 e. The first-order valence-electron chi connectivity index (χ1n) is 8.19. The van der Waals surface area contributed by atoms with E-state index in [1.165, 1.54) is 18.2 Å². The van der Waals surface area contributed by atoms with Crippen molar-refractivity contribution in [3.05, 3.63) is 75.2 Å². The highest BCUT2D eigenvalue weighted by Gasteiger charge is 2.40. The highest BCUT2D eigenvalue weighted by Crippen LogP contribution is 2.39. The summed E-state index contributed by atoms with van der Waals surface area (Å²) in [4.78, 5) is 14.7. The van der Waals surface area contributed by atoms with Gasteiger partial charge in [-0.25, -0.2) is 13.6 Å². The summed E-state index contributed by atoms with van der Waals surface area (Å²) in [5, 5.41) is 12.3. The topological polar surface area (TPSA) is 74.0 Å². The summed E-state index contributed by atoms with van der Waals surface area (Å²) in [6, 6.07) is 4.08. The molecule has 0 amide bonds. The molecule has 0 radical (unpaired) electrons. The van der Waals surface area contributed by atoms with Crippen LogP contribution in [-0.2, 0) is 6.18 Å². The molecule has 1 aliphatic carbocycles. The van der Waals surface area contributed by atoms with Crippen molar-refractivity contribution in [3.8, 4) is 17.2 Å². The van der Waals surface area contributed by atoms with Crippen LogP contribution in [0, 0.1) is 23.0 Å². The molecular formula is C19H9F5N4O. The Morgan fingerprint density at radius 3 is 2.55 bits per heavy atom. The van der Waals surface area contributed by atoms with Gasteiger partial charge in [0.15, 0.2) is 5.69 Å². The molecule has 1 aromatic carbocycles. The van der Waals surface area contributed by atoms with E-state index in [4.69, 9.17) is 5.26 Å². The lowest BCUT2D eigenvalue weighted by atomic mass is 9.99. The highest BCUT2D eigenvalue weighted by atomic mass is 19.4. The number of nitrogens with zero attached hydrogens (tertiary/aromatic N) is 3. The van der Waals surface area contributed by atoms with Crippen LogP contribution >= 0.6 is 0 Å². The molecule has 0 unspecified atom stereocenters. The molecule has 0 aliphatic heterocycles. The number of H-pyrrole nitrogens is 1. The van der Waals surface area contributed by atoms with Gasteiger partial charge < -0.3 is 4.98 Å². The zero-order chi connectivity index (χ0) is 20.9. The molecule has 0 saturated carbocycles. The second kappa shape index (κ2) is 6.41. The van der Waals surface area contributed by atoms with Gasteiger partial charge in [0.2, 0.25) is 0 Å². The number of fused-ring (bicyclic) bond motifs is 1. The Kier molecular flexibility index (Phi) is 4.11. The molecule has 29 heavy (non-hydrogen) atoms. The second-order valence-corrected chi connectivity index (χ2v) is 6.25. The average molecular weight is 404 g/mol. The van der Waals surface area contributed by atoms with E-state index in [1.54, 1.807) is 0 Å². The molecule has 10 heteroatoms. The summed E-state index contributed by atoms with van der Waals surface area (Å²) in [7, 11) is 0. The number of alkyl halides is 3. The number of aromatic nitrogens is 3. The number of nitriles is 1. The van der Waals surface area contributed by atoms with E-state index in [0.717, 1.165) is 12.1 Å². The normalized spacial score (nSPS) is 16.2. The van der Waals surface area contributed by atoms with Gasteiger partial charge in [-0.1, -0.05) is 12.2 Å². The van der Waals surface area contributed by atoms with Gasteiger partial charge in [-0.05, 0) is 30.2 Å². The van der Waals surface area contributed by atoms with Gasteiger partial charge in [0, 0.05) is 22.8 Å². The number of aromatic amines is 1. The molecule has 1 N–H and O–H groups in total. The number of halogens is 5. The summed E-state index contributed by atoms with van der Waals surface area (Å²) in [5.74, 6) is -2.18. The minimum atomic E-state index is -4.99. The highest BCUT2D eigenvalue weighted by molar-refractivity contribution is 5.85.